The van der Waals surface area contributed by atoms with Gasteiger partial charge in [-0.1, -0.05) is 0 Å². The Morgan fingerprint density at radius 1 is 1.36 bits per heavy atom. The molecule has 0 saturated heterocycles. The number of carboxylic acids is 1. The fraction of sp³-hybridized carbons (Fsp3) is 0.800. The van der Waals surface area contributed by atoms with Crippen LogP contribution in [0.25, 0.3) is 0 Å². The molecule has 0 aromatic carbocycles. The third-order valence-corrected chi connectivity index (χ3v) is 2.44. The molecule has 3 nitrogen and oxygen atoms in total. The molecule has 0 unspecified atom stereocenters. The number of carboxylic acid groups (broad SMARTS) is 1. The van der Waals surface area contributed by atoms with E-state index in [9.17, 15) is 0 Å². The molecule has 14 heavy (non-hydrogen) atoms. The summed E-state index contributed by atoms with van der Waals surface area (Å²) in [5.41, 5.74) is 0. The second kappa shape index (κ2) is 13.1. The minimum Gasteiger partial charge on any atom is -0.476 e. The summed E-state index contributed by atoms with van der Waals surface area (Å²) in [6.45, 7) is 4.61. The summed E-state index contributed by atoms with van der Waals surface area (Å²) in [5, 5.41) is 7.35. The number of carbonyl (C=O) groups excluding carboxylic acids is 1. The summed E-state index contributed by atoms with van der Waals surface area (Å²) in [4.78, 5) is 17.9. The van der Waals surface area contributed by atoms with Crippen molar-refractivity contribution in [2.45, 2.75) is 43.2 Å². The molecule has 1 N–H and O–H groups in total. The molecule has 0 aliphatic rings. The molecular formula is C10H19NaO3. The maximum Gasteiger partial charge on any atom is 0.368 e. The van der Waals surface area contributed by atoms with Crippen LogP contribution < -0.4 is 0 Å². The van der Waals surface area contributed by atoms with Crippen molar-refractivity contribution in [3.63, 3.8) is 0 Å². The SMILES string of the molecule is CC(C)CCCC[CH2][Na].O=CC(=O)O. The molecule has 0 bridgehead atoms. The first-order valence-electron chi connectivity index (χ1n) is 5.22. The third kappa shape index (κ3) is 22.7. The van der Waals surface area contributed by atoms with Gasteiger partial charge in [0.2, 0.25) is 6.29 Å². The monoisotopic (exact) mass is 210 g/mol. The standard InChI is InChI=1S/C8H17.C2H2O3.Na/c1-4-5-6-7-8(2)3;3-1-2(4)5;/h8H,1,4-7H2,2-3H3;1H,(H,4,5);. The smallest absolute Gasteiger partial charge is 0.368 e. The van der Waals surface area contributed by atoms with Gasteiger partial charge in [0.25, 0.3) is 0 Å². The second-order valence-corrected chi connectivity index (χ2v) is 4.70. The molecule has 0 aromatic rings. The maximum absolute atomic E-state index is 9.00. The molecule has 0 atom stereocenters. The second-order valence-electron chi connectivity index (χ2n) is 3.70. The quantitative estimate of drug-likeness (QED) is 0.316. The minimum absolute atomic E-state index is 0.167. The van der Waals surface area contributed by atoms with Crippen molar-refractivity contribution in [1.82, 2.24) is 0 Å². The van der Waals surface area contributed by atoms with Crippen molar-refractivity contribution < 1.29 is 14.7 Å². The van der Waals surface area contributed by atoms with Crippen molar-refractivity contribution in [3.05, 3.63) is 0 Å². The summed E-state index contributed by atoms with van der Waals surface area (Å²) in [6.07, 6.45) is 5.68. The first-order chi connectivity index (χ1) is 6.54. The first-order valence-corrected chi connectivity index (χ1v) is 6.64. The number of hydrogen-bond donors (Lipinski definition) is 1. The van der Waals surface area contributed by atoms with Crippen molar-refractivity contribution >= 4 is 40.2 Å². The van der Waals surface area contributed by atoms with Crippen LogP contribution in [0.15, 0.2) is 0 Å². The summed E-state index contributed by atoms with van der Waals surface area (Å²) in [7, 11) is 0. The summed E-state index contributed by atoms with van der Waals surface area (Å²) >= 11 is 1.40. The van der Waals surface area contributed by atoms with Crippen LogP contribution in [-0.2, 0) is 9.59 Å². The van der Waals surface area contributed by atoms with Gasteiger partial charge in [0.05, 0.1) is 0 Å². The topological polar surface area (TPSA) is 54.4 Å². The van der Waals surface area contributed by atoms with Gasteiger partial charge >= 0.3 is 83.0 Å². The fourth-order valence-electron chi connectivity index (χ4n) is 0.979. The van der Waals surface area contributed by atoms with E-state index in [2.05, 4.69) is 13.8 Å². The van der Waals surface area contributed by atoms with Crippen LogP contribution in [-0.4, -0.2) is 45.3 Å². The Balaban J connectivity index is 0. The van der Waals surface area contributed by atoms with Crippen LogP contribution >= 0.6 is 0 Å². The molecule has 0 fully saturated rings. The third-order valence-electron chi connectivity index (χ3n) is 1.74. The fourth-order valence-corrected chi connectivity index (χ4v) is 1.48. The normalized spacial score (nSPS) is 9.21. The molecular weight excluding hydrogens is 191 g/mol. The van der Waals surface area contributed by atoms with Gasteiger partial charge in [0.1, 0.15) is 0 Å². The van der Waals surface area contributed by atoms with Gasteiger partial charge in [0.15, 0.2) is 0 Å². The Morgan fingerprint density at radius 2 is 1.86 bits per heavy atom. The predicted molar refractivity (Wildman–Crippen MR) is 57.6 cm³/mol. The van der Waals surface area contributed by atoms with Crippen LogP contribution in [0, 0.1) is 5.92 Å². The van der Waals surface area contributed by atoms with E-state index in [1.165, 1.54) is 57.3 Å². The van der Waals surface area contributed by atoms with E-state index in [-0.39, 0.29) is 6.29 Å². The molecule has 0 saturated carbocycles. The number of hydrogen-bond acceptors (Lipinski definition) is 2. The predicted octanol–water partition coefficient (Wildman–Crippen LogP) is 2.06. The summed E-state index contributed by atoms with van der Waals surface area (Å²) < 4.78 is 1.50. The number of carbonyl (C=O) groups is 2. The molecule has 0 heterocycles. The zero-order valence-electron chi connectivity index (χ0n) is 9.45. The van der Waals surface area contributed by atoms with Crippen molar-refractivity contribution in [2.75, 3.05) is 0 Å². The molecule has 0 radical (unpaired) electrons. The van der Waals surface area contributed by atoms with E-state index in [1.807, 2.05) is 0 Å². The number of aldehydes is 1. The van der Waals surface area contributed by atoms with Crippen molar-refractivity contribution in [1.29, 1.82) is 0 Å². The zero-order chi connectivity index (χ0) is 11.4. The minimum atomic E-state index is -1.43. The number of unbranched alkanes of at least 4 members (excludes halogenated alkanes) is 2. The van der Waals surface area contributed by atoms with Crippen LogP contribution in [0.4, 0.5) is 0 Å². The molecule has 0 aliphatic carbocycles. The molecule has 4 heteroatoms. The van der Waals surface area contributed by atoms with E-state index in [4.69, 9.17) is 14.7 Å². The van der Waals surface area contributed by atoms with Crippen molar-refractivity contribution in [2.24, 2.45) is 5.92 Å². The Morgan fingerprint density at radius 3 is 2.14 bits per heavy atom. The Labute approximate surface area is 104 Å². The van der Waals surface area contributed by atoms with Gasteiger partial charge < -0.3 is 5.11 Å². The van der Waals surface area contributed by atoms with E-state index < -0.39 is 5.97 Å². The number of rotatable bonds is 6. The van der Waals surface area contributed by atoms with Crippen LogP contribution in [0.1, 0.15) is 39.5 Å². The summed E-state index contributed by atoms with van der Waals surface area (Å²) in [6, 6.07) is 0. The van der Waals surface area contributed by atoms with E-state index in [1.54, 1.807) is 0 Å². The van der Waals surface area contributed by atoms with Gasteiger partial charge in [-0.15, -0.1) is 0 Å². The molecule has 0 aliphatic heterocycles. The van der Waals surface area contributed by atoms with Crippen LogP contribution in [0.3, 0.4) is 0 Å². The van der Waals surface area contributed by atoms with Crippen molar-refractivity contribution in [3.8, 4) is 0 Å². The Bertz CT molecular complexity index is 146. The van der Waals surface area contributed by atoms with Gasteiger partial charge in [-0.3, -0.25) is 4.79 Å². The Hall–Kier alpha value is 0.140. The van der Waals surface area contributed by atoms with Crippen LogP contribution in [0.2, 0.25) is 3.67 Å². The summed E-state index contributed by atoms with van der Waals surface area (Å²) in [5.74, 6) is -0.510. The zero-order valence-corrected chi connectivity index (χ0v) is 11.5. The molecule has 0 spiro atoms. The number of aliphatic carboxylic acids is 1. The van der Waals surface area contributed by atoms with Gasteiger partial charge in [0, 0.05) is 0 Å². The van der Waals surface area contributed by atoms with Gasteiger partial charge in [-0.05, 0) is 0 Å². The molecule has 0 aromatic heterocycles. The van der Waals surface area contributed by atoms with E-state index in [0.29, 0.717) is 0 Å². The van der Waals surface area contributed by atoms with E-state index >= 15 is 0 Å². The Kier molecular flexibility index (Phi) is 15.5. The molecule has 0 rings (SSSR count). The molecule has 0 amide bonds. The van der Waals surface area contributed by atoms with Gasteiger partial charge in [-0.2, -0.15) is 0 Å². The first kappa shape index (κ1) is 16.6. The van der Waals surface area contributed by atoms with Crippen LogP contribution in [0.5, 0.6) is 0 Å². The van der Waals surface area contributed by atoms with Gasteiger partial charge in [-0.25, -0.2) is 4.79 Å². The largest absolute Gasteiger partial charge is 0.476 e. The average molecular weight is 210 g/mol. The average Bonchev–Trinajstić information content (AvgIpc) is 2.13. The maximum atomic E-state index is 9.00. The van der Waals surface area contributed by atoms with E-state index in [0.717, 1.165) is 5.92 Å². The molecule has 78 valence electrons.